The molecule has 0 atom stereocenters. The van der Waals surface area contributed by atoms with E-state index in [0.717, 1.165) is 16.8 Å². The number of nitrogens with zero attached hydrogens (tertiary/aromatic N) is 1. The van der Waals surface area contributed by atoms with Crippen LogP contribution in [0.3, 0.4) is 0 Å². The lowest BCUT2D eigenvalue weighted by atomic mass is 10.0. The van der Waals surface area contributed by atoms with Gasteiger partial charge in [0.1, 0.15) is 5.75 Å². The van der Waals surface area contributed by atoms with E-state index in [0.29, 0.717) is 22.9 Å². The third kappa shape index (κ3) is 4.84. The van der Waals surface area contributed by atoms with E-state index in [1.165, 1.54) is 16.9 Å². The highest BCUT2D eigenvalue weighted by Gasteiger charge is 2.11. The summed E-state index contributed by atoms with van der Waals surface area (Å²) >= 11 is 1.38. The summed E-state index contributed by atoms with van der Waals surface area (Å²) in [5.41, 5.74) is 4.89. The molecule has 0 saturated heterocycles. The highest BCUT2D eigenvalue weighted by molar-refractivity contribution is 7.14. The number of rotatable bonds is 7. The van der Waals surface area contributed by atoms with Crippen molar-refractivity contribution in [2.24, 2.45) is 0 Å². The third-order valence-corrected chi connectivity index (χ3v) is 5.03. The van der Waals surface area contributed by atoms with Crippen LogP contribution in [-0.2, 0) is 4.79 Å². The molecule has 3 rings (SSSR count). The summed E-state index contributed by atoms with van der Waals surface area (Å²) in [5.74, 6) is 0.334. The van der Waals surface area contributed by atoms with Crippen molar-refractivity contribution in [2.75, 3.05) is 11.9 Å². The van der Waals surface area contributed by atoms with E-state index in [1.807, 2.05) is 31.4 Å². The average molecular weight is 394 g/mol. The van der Waals surface area contributed by atoms with Crippen LogP contribution in [0, 0.1) is 13.8 Å². The van der Waals surface area contributed by atoms with Crippen molar-refractivity contribution in [3.05, 3.63) is 64.5 Å². The van der Waals surface area contributed by atoms with E-state index in [4.69, 9.17) is 4.74 Å². The lowest BCUT2D eigenvalue weighted by Crippen LogP contribution is -2.20. The van der Waals surface area contributed by atoms with Crippen LogP contribution in [0.5, 0.6) is 5.75 Å². The molecule has 1 heterocycles. The van der Waals surface area contributed by atoms with Crippen LogP contribution >= 0.6 is 11.3 Å². The van der Waals surface area contributed by atoms with Crippen LogP contribution < -0.4 is 10.1 Å². The molecule has 0 aliphatic rings. The number of nitrogens with one attached hydrogen (secondary N) is 1. The maximum atomic E-state index is 12.1. The van der Waals surface area contributed by atoms with Gasteiger partial charge < -0.3 is 4.74 Å². The van der Waals surface area contributed by atoms with Crippen LogP contribution in [-0.4, -0.2) is 23.3 Å². The molecule has 1 aromatic heterocycles. The van der Waals surface area contributed by atoms with Crippen molar-refractivity contribution in [1.82, 2.24) is 4.98 Å². The number of ether oxygens (including phenoxy) is 1. The number of ketones is 1. The number of carbonyl (C=O) groups excluding carboxylic acids is 2. The molecule has 0 radical (unpaired) electrons. The fraction of sp³-hybridized carbons (Fsp3) is 0.227. The number of anilines is 1. The van der Waals surface area contributed by atoms with Gasteiger partial charge in [-0.05, 0) is 43.7 Å². The molecule has 3 aromatic rings. The van der Waals surface area contributed by atoms with Crippen LogP contribution in [0.1, 0.15) is 34.8 Å². The maximum Gasteiger partial charge on any atom is 0.264 e. The molecule has 2 aromatic carbocycles. The van der Waals surface area contributed by atoms with E-state index in [2.05, 4.69) is 23.3 Å². The number of aryl methyl sites for hydroxylation is 2. The molecule has 0 spiro atoms. The maximum absolute atomic E-state index is 12.1. The van der Waals surface area contributed by atoms with E-state index < -0.39 is 0 Å². The molecule has 0 bridgehead atoms. The molecule has 28 heavy (non-hydrogen) atoms. The minimum atomic E-state index is -0.282. The quantitative estimate of drug-likeness (QED) is 0.570. The summed E-state index contributed by atoms with van der Waals surface area (Å²) in [6.07, 6.45) is 0.459. The van der Waals surface area contributed by atoms with Gasteiger partial charge in [-0.1, -0.05) is 30.7 Å². The van der Waals surface area contributed by atoms with Gasteiger partial charge in [0.15, 0.2) is 17.5 Å². The number of Topliss-reactive ketones (excluding diaryl/α,β-unsaturated/α-hetero) is 1. The topological polar surface area (TPSA) is 68.3 Å². The Kier molecular flexibility index (Phi) is 6.21. The van der Waals surface area contributed by atoms with Crippen LogP contribution in [0.4, 0.5) is 5.13 Å². The fourth-order valence-electron chi connectivity index (χ4n) is 2.80. The van der Waals surface area contributed by atoms with Gasteiger partial charge in [-0.3, -0.25) is 14.9 Å². The lowest BCUT2D eigenvalue weighted by molar-refractivity contribution is -0.118. The SMILES string of the molecule is CCC(=O)c1ccc(OCC(=O)Nc2nc(-c3ccc(C)cc3C)cs2)cc1. The summed E-state index contributed by atoms with van der Waals surface area (Å²) in [7, 11) is 0. The minimum Gasteiger partial charge on any atom is -0.484 e. The summed E-state index contributed by atoms with van der Waals surface area (Å²) in [4.78, 5) is 28.3. The first-order chi connectivity index (χ1) is 13.5. The van der Waals surface area contributed by atoms with Crippen molar-refractivity contribution in [2.45, 2.75) is 27.2 Å². The molecular weight excluding hydrogens is 372 g/mol. The summed E-state index contributed by atoms with van der Waals surface area (Å²) in [5, 5.41) is 5.22. The second kappa shape index (κ2) is 8.80. The lowest BCUT2D eigenvalue weighted by Gasteiger charge is -2.06. The number of thiazole rings is 1. The Balaban J connectivity index is 1.57. The summed E-state index contributed by atoms with van der Waals surface area (Å²) in [6.45, 7) is 5.80. The molecule has 0 saturated carbocycles. The molecule has 144 valence electrons. The Bertz CT molecular complexity index is 993. The van der Waals surface area contributed by atoms with Crippen LogP contribution in [0.15, 0.2) is 47.8 Å². The van der Waals surface area contributed by atoms with Gasteiger partial charge in [-0.25, -0.2) is 4.98 Å². The predicted molar refractivity (Wildman–Crippen MR) is 112 cm³/mol. The van der Waals surface area contributed by atoms with Crippen LogP contribution in [0.2, 0.25) is 0 Å². The first-order valence-corrected chi connectivity index (χ1v) is 9.93. The number of hydrogen-bond donors (Lipinski definition) is 1. The first-order valence-electron chi connectivity index (χ1n) is 9.05. The number of carbonyl (C=O) groups is 2. The van der Waals surface area contributed by atoms with E-state index in [9.17, 15) is 9.59 Å². The average Bonchev–Trinajstić information content (AvgIpc) is 3.14. The van der Waals surface area contributed by atoms with Crippen molar-refractivity contribution >= 4 is 28.2 Å². The zero-order chi connectivity index (χ0) is 20.1. The molecule has 1 N–H and O–H groups in total. The van der Waals surface area contributed by atoms with Crippen molar-refractivity contribution in [3.63, 3.8) is 0 Å². The minimum absolute atomic E-state index is 0.0766. The Hall–Kier alpha value is -2.99. The molecule has 0 fully saturated rings. The van der Waals surface area contributed by atoms with Crippen molar-refractivity contribution in [3.8, 4) is 17.0 Å². The molecule has 0 unspecified atom stereocenters. The summed E-state index contributed by atoms with van der Waals surface area (Å²) in [6, 6.07) is 13.0. The van der Waals surface area contributed by atoms with Crippen molar-refractivity contribution in [1.29, 1.82) is 0 Å². The van der Waals surface area contributed by atoms with Gasteiger partial charge in [0.25, 0.3) is 5.91 Å². The first kappa shape index (κ1) is 19.8. The van der Waals surface area contributed by atoms with Crippen molar-refractivity contribution < 1.29 is 14.3 Å². The van der Waals surface area contributed by atoms with Gasteiger partial charge in [0.2, 0.25) is 0 Å². The number of benzene rings is 2. The number of hydrogen-bond acceptors (Lipinski definition) is 5. The van der Waals surface area contributed by atoms with E-state index >= 15 is 0 Å². The Morgan fingerprint density at radius 2 is 1.86 bits per heavy atom. The second-order valence-corrected chi connectivity index (χ2v) is 7.35. The molecule has 5 nitrogen and oxygen atoms in total. The predicted octanol–water partition coefficient (Wildman–Crippen LogP) is 5.04. The van der Waals surface area contributed by atoms with Gasteiger partial charge in [-0.2, -0.15) is 0 Å². The molecule has 6 heteroatoms. The largest absolute Gasteiger partial charge is 0.484 e. The van der Waals surface area contributed by atoms with E-state index in [-0.39, 0.29) is 18.3 Å². The normalized spacial score (nSPS) is 10.5. The fourth-order valence-corrected chi connectivity index (χ4v) is 3.53. The zero-order valence-electron chi connectivity index (χ0n) is 16.1. The smallest absolute Gasteiger partial charge is 0.264 e. The standard InChI is InChI=1S/C22H22N2O3S/c1-4-20(25)16-6-8-17(9-7-16)27-12-21(26)24-22-23-19(13-28-22)18-10-5-14(2)11-15(18)3/h5-11,13H,4,12H2,1-3H3,(H,23,24,26). The van der Waals surface area contributed by atoms with Gasteiger partial charge >= 0.3 is 0 Å². The van der Waals surface area contributed by atoms with E-state index in [1.54, 1.807) is 24.3 Å². The Morgan fingerprint density at radius 3 is 2.54 bits per heavy atom. The Morgan fingerprint density at radius 1 is 1.11 bits per heavy atom. The number of aromatic nitrogens is 1. The van der Waals surface area contributed by atoms with Gasteiger partial charge in [0.05, 0.1) is 5.69 Å². The highest BCUT2D eigenvalue weighted by Crippen LogP contribution is 2.28. The monoisotopic (exact) mass is 394 g/mol. The molecule has 0 aliphatic heterocycles. The Labute approximate surface area is 168 Å². The van der Waals surface area contributed by atoms with Gasteiger partial charge in [-0.15, -0.1) is 11.3 Å². The highest BCUT2D eigenvalue weighted by atomic mass is 32.1. The number of amides is 1. The third-order valence-electron chi connectivity index (χ3n) is 4.28. The zero-order valence-corrected chi connectivity index (χ0v) is 16.9. The summed E-state index contributed by atoms with van der Waals surface area (Å²) < 4.78 is 5.49. The second-order valence-electron chi connectivity index (χ2n) is 6.49. The molecule has 0 aliphatic carbocycles. The van der Waals surface area contributed by atoms with Gasteiger partial charge in [0, 0.05) is 22.9 Å². The molecule has 1 amide bonds. The molecular formula is C22H22N2O3S. The van der Waals surface area contributed by atoms with Crippen LogP contribution in [0.25, 0.3) is 11.3 Å².